The molecule has 6 nitrogen and oxygen atoms in total. The summed E-state index contributed by atoms with van der Waals surface area (Å²) >= 11 is 0. The smallest absolute Gasteiger partial charge is 0.257 e. The van der Waals surface area contributed by atoms with Gasteiger partial charge in [0.2, 0.25) is 10.0 Å². The molecule has 1 aromatic carbocycles. The third-order valence-corrected chi connectivity index (χ3v) is 4.34. The predicted molar refractivity (Wildman–Crippen MR) is 84.5 cm³/mol. The topological polar surface area (TPSA) is 75.7 Å². The van der Waals surface area contributed by atoms with Gasteiger partial charge in [-0.2, -0.15) is 0 Å². The number of likely N-dealkylation sites (tertiary alicyclic amines) is 1. The van der Waals surface area contributed by atoms with E-state index in [0.29, 0.717) is 43.9 Å². The molecule has 0 saturated carbocycles. The summed E-state index contributed by atoms with van der Waals surface area (Å²) in [5.74, 6) is 0.522. The van der Waals surface area contributed by atoms with Crippen LogP contribution in [0.1, 0.15) is 30.1 Å². The Balaban J connectivity index is 2.01. The standard InChI is InChI=1S/C15H22N2O4S/c1-3-21-14-7-5-4-6-13(14)15(18)17-10-8-12(9-11-17)16-22(2,19)20/h4-7,12,16H,3,8-11H2,1-2H3. The SMILES string of the molecule is CCOc1ccccc1C(=O)N1CCC(NS(C)(=O)=O)CC1. The summed E-state index contributed by atoms with van der Waals surface area (Å²) in [4.78, 5) is 14.3. The lowest BCUT2D eigenvalue weighted by molar-refractivity contribution is 0.0707. The number of benzene rings is 1. The molecule has 7 heteroatoms. The van der Waals surface area contributed by atoms with Crippen molar-refractivity contribution >= 4 is 15.9 Å². The average Bonchev–Trinajstić information content (AvgIpc) is 2.47. The van der Waals surface area contributed by atoms with Crippen LogP contribution in [0.4, 0.5) is 0 Å². The molecular weight excluding hydrogens is 304 g/mol. The van der Waals surface area contributed by atoms with Crippen LogP contribution in [0, 0.1) is 0 Å². The highest BCUT2D eigenvalue weighted by atomic mass is 32.2. The number of nitrogens with one attached hydrogen (secondary N) is 1. The van der Waals surface area contributed by atoms with Crippen LogP contribution in [0.25, 0.3) is 0 Å². The Morgan fingerprint density at radius 1 is 1.32 bits per heavy atom. The van der Waals surface area contributed by atoms with Gasteiger partial charge in [-0.25, -0.2) is 13.1 Å². The summed E-state index contributed by atoms with van der Waals surface area (Å²) < 4.78 is 30.6. The number of piperidine rings is 1. The van der Waals surface area contributed by atoms with Crippen molar-refractivity contribution in [2.24, 2.45) is 0 Å². The number of hydrogen-bond acceptors (Lipinski definition) is 4. The zero-order valence-corrected chi connectivity index (χ0v) is 13.7. The number of nitrogens with zero attached hydrogens (tertiary/aromatic N) is 1. The Bertz CT molecular complexity index is 622. The zero-order chi connectivity index (χ0) is 16.2. The van der Waals surface area contributed by atoms with E-state index in [1.54, 1.807) is 17.0 Å². The van der Waals surface area contributed by atoms with E-state index >= 15 is 0 Å². The number of ether oxygens (including phenoxy) is 1. The highest BCUT2D eigenvalue weighted by molar-refractivity contribution is 7.88. The van der Waals surface area contributed by atoms with Gasteiger partial charge in [-0.3, -0.25) is 4.79 Å². The number of carbonyl (C=O) groups is 1. The van der Waals surface area contributed by atoms with E-state index in [0.717, 1.165) is 6.26 Å². The van der Waals surface area contributed by atoms with Crippen LogP contribution >= 0.6 is 0 Å². The summed E-state index contributed by atoms with van der Waals surface area (Å²) in [7, 11) is -3.20. The molecule has 22 heavy (non-hydrogen) atoms. The van der Waals surface area contributed by atoms with Crippen molar-refractivity contribution in [1.82, 2.24) is 9.62 Å². The Morgan fingerprint density at radius 3 is 2.55 bits per heavy atom. The lowest BCUT2D eigenvalue weighted by Gasteiger charge is -2.32. The summed E-state index contributed by atoms with van der Waals surface area (Å²) in [5.41, 5.74) is 0.555. The minimum absolute atomic E-state index is 0.0677. The fourth-order valence-corrected chi connectivity index (χ4v) is 3.44. The van der Waals surface area contributed by atoms with Crippen molar-refractivity contribution in [2.75, 3.05) is 26.0 Å². The molecule has 1 saturated heterocycles. The molecule has 0 radical (unpaired) electrons. The van der Waals surface area contributed by atoms with Crippen LogP contribution in [0.5, 0.6) is 5.75 Å². The first-order valence-corrected chi connectivity index (χ1v) is 9.28. The third-order valence-electron chi connectivity index (χ3n) is 3.58. The second kappa shape index (κ2) is 7.11. The Labute approximate surface area is 131 Å². The number of hydrogen-bond donors (Lipinski definition) is 1. The third kappa shape index (κ3) is 4.45. The summed E-state index contributed by atoms with van der Waals surface area (Å²) in [6.07, 6.45) is 2.40. The largest absolute Gasteiger partial charge is 0.493 e. The lowest BCUT2D eigenvalue weighted by atomic mass is 10.0. The first kappa shape index (κ1) is 16.8. The molecule has 0 aliphatic carbocycles. The number of carbonyl (C=O) groups excluding carboxylic acids is 1. The Hall–Kier alpha value is -1.60. The van der Waals surface area contributed by atoms with Gasteiger partial charge in [0.15, 0.2) is 0 Å². The van der Waals surface area contributed by atoms with Gasteiger partial charge < -0.3 is 9.64 Å². The molecule has 2 rings (SSSR count). The Kier molecular flexibility index (Phi) is 5.42. The van der Waals surface area contributed by atoms with Crippen molar-refractivity contribution < 1.29 is 17.9 Å². The van der Waals surface area contributed by atoms with Crippen LogP contribution in [0.3, 0.4) is 0 Å². The normalized spacial score (nSPS) is 16.5. The maximum atomic E-state index is 12.6. The van der Waals surface area contributed by atoms with E-state index in [2.05, 4.69) is 4.72 Å². The van der Waals surface area contributed by atoms with Crippen LogP contribution in [0.2, 0.25) is 0 Å². The minimum Gasteiger partial charge on any atom is -0.493 e. The molecule has 1 aliphatic heterocycles. The molecule has 1 fully saturated rings. The van der Waals surface area contributed by atoms with E-state index in [1.807, 2.05) is 19.1 Å². The van der Waals surface area contributed by atoms with Gasteiger partial charge in [-0.1, -0.05) is 12.1 Å². The number of sulfonamides is 1. The first-order chi connectivity index (χ1) is 10.4. The van der Waals surface area contributed by atoms with Crippen LogP contribution < -0.4 is 9.46 Å². The summed E-state index contributed by atoms with van der Waals surface area (Å²) in [6.45, 7) is 3.45. The highest BCUT2D eigenvalue weighted by Crippen LogP contribution is 2.22. The van der Waals surface area contributed by atoms with Crippen molar-refractivity contribution in [1.29, 1.82) is 0 Å². The molecule has 0 aromatic heterocycles. The van der Waals surface area contributed by atoms with Crippen molar-refractivity contribution in [3.8, 4) is 5.75 Å². The fourth-order valence-electron chi connectivity index (χ4n) is 2.60. The van der Waals surface area contributed by atoms with Crippen molar-refractivity contribution in [3.05, 3.63) is 29.8 Å². The molecule has 0 bridgehead atoms. The molecule has 0 spiro atoms. The average molecular weight is 326 g/mol. The molecule has 122 valence electrons. The van der Waals surface area contributed by atoms with E-state index in [9.17, 15) is 13.2 Å². The summed E-state index contributed by atoms with van der Waals surface area (Å²) in [5, 5.41) is 0. The summed E-state index contributed by atoms with van der Waals surface area (Å²) in [6, 6.07) is 7.10. The molecule has 1 heterocycles. The molecule has 0 atom stereocenters. The number of amides is 1. The van der Waals surface area contributed by atoms with Gasteiger partial charge in [0, 0.05) is 19.1 Å². The maximum Gasteiger partial charge on any atom is 0.257 e. The number of rotatable bonds is 5. The minimum atomic E-state index is -3.20. The molecule has 1 aliphatic rings. The second-order valence-corrected chi connectivity index (χ2v) is 7.17. The molecule has 1 amide bonds. The molecule has 1 N–H and O–H groups in total. The molecular formula is C15H22N2O4S. The van der Waals surface area contributed by atoms with Gasteiger partial charge in [0.05, 0.1) is 18.4 Å². The predicted octanol–water partition coefficient (Wildman–Crippen LogP) is 1.24. The van der Waals surface area contributed by atoms with Crippen molar-refractivity contribution in [2.45, 2.75) is 25.8 Å². The Morgan fingerprint density at radius 2 is 1.95 bits per heavy atom. The second-order valence-electron chi connectivity index (χ2n) is 5.39. The van der Waals surface area contributed by atoms with Gasteiger partial charge >= 0.3 is 0 Å². The van der Waals surface area contributed by atoms with Gasteiger partial charge in [-0.05, 0) is 31.9 Å². The van der Waals surface area contributed by atoms with E-state index in [1.165, 1.54) is 0 Å². The maximum absolute atomic E-state index is 12.6. The van der Waals surface area contributed by atoms with E-state index in [4.69, 9.17) is 4.74 Å². The monoisotopic (exact) mass is 326 g/mol. The van der Waals surface area contributed by atoms with E-state index in [-0.39, 0.29) is 11.9 Å². The lowest BCUT2D eigenvalue weighted by Crippen LogP contribution is -2.46. The van der Waals surface area contributed by atoms with Gasteiger partial charge in [0.1, 0.15) is 5.75 Å². The van der Waals surface area contributed by atoms with Gasteiger partial charge in [0.25, 0.3) is 5.91 Å². The van der Waals surface area contributed by atoms with Crippen molar-refractivity contribution in [3.63, 3.8) is 0 Å². The van der Waals surface area contributed by atoms with Crippen LogP contribution in [-0.2, 0) is 10.0 Å². The quantitative estimate of drug-likeness (QED) is 0.883. The molecule has 1 aromatic rings. The van der Waals surface area contributed by atoms with Crippen LogP contribution in [-0.4, -0.2) is 51.2 Å². The highest BCUT2D eigenvalue weighted by Gasteiger charge is 2.26. The number of para-hydroxylation sites is 1. The van der Waals surface area contributed by atoms with E-state index < -0.39 is 10.0 Å². The van der Waals surface area contributed by atoms with Gasteiger partial charge in [-0.15, -0.1) is 0 Å². The van der Waals surface area contributed by atoms with Crippen LogP contribution in [0.15, 0.2) is 24.3 Å². The first-order valence-electron chi connectivity index (χ1n) is 7.39. The zero-order valence-electron chi connectivity index (χ0n) is 12.9. The fraction of sp³-hybridized carbons (Fsp3) is 0.533. The molecule has 0 unspecified atom stereocenters.